The zero-order valence-corrected chi connectivity index (χ0v) is 16.2. The topological polar surface area (TPSA) is 78.5 Å². The minimum Gasteiger partial charge on any atom is -0.324 e. The smallest absolute Gasteiger partial charge is 0.324 e. The van der Waals surface area contributed by atoms with Gasteiger partial charge in [0.25, 0.3) is 5.91 Å². The third-order valence-corrected chi connectivity index (χ3v) is 5.27. The molecule has 6 heteroatoms. The van der Waals surface area contributed by atoms with Crippen LogP contribution in [0.1, 0.15) is 18.1 Å². The van der Waals surface area contributed by atoms with Crippen molar-refractivity contribution < 1.29 is 14.4 Å². The summed E-state index contributed by atoms with van der Waals surface area (Å²) in [6.45, 7) is 3.25. The van der Waals surface area contributed by atoms with Crippen LogP contribution >= 0.6 is 0 Å². The average molecular weight is 387 g/mol. The highest BCUT2D eigenvalue weighted by Gasteiger charge is 2.49. The van der Waals surface area contributed by atoms with Gasteiger partial charge in [-0.3, -0.25) is 14.5 Å². The summed E-state index contributed by atoms with van der Waals surface area (Å²) >= 11 is 0. The quantitative estimate of drug-likeness (QED) is 0.672. The predicted octanol–water partition coefficient (Wildman–Crippen LogP) is 3.55. The Morgan fingerprint density at radius 2 is 1.69 bits per heavy atom. The third-order valence-electron chi connectivity index (χ3n) is 5.27. The van der Waals surface area contributed by atoms with Gasteiger partial charge < -0.3 is 10.6 Å². The summed E-state index contributed by atoms with van der Waals surface area (Å²) in [5.74, 6) is -0.877. The van der Waals surface area contributed by atoms with E-state index in [1.165, 1.54) is 0 Å². The van der Waals surface area contributed by atoms with Crippen LogP contribution in [0.5, 0.6) is 0 Å². The number of carbonyl (C=O) groups is 3. The summed E-state index contributed by atoms with van der Waals surface area (Å²) in [6, 6.07) is 20.1. The minimum absolute atomic E-state index is 0.352. The molecular formula is C23H21N3O3. The maximum absolute atomic E-state index is 13.0. The molecule has 3 aromatic rings. The van der Waals surface area contributed by atoms with E-state index in [-0.39, 0.29) is 6.54 Å². The Balaban J connectivity index is 1.53. The van der Waals surface area contributed by atoms with E-state index in [2.05, 4.69) is 10.6 Å². The maximum atomic E-state index is 13.0. The van der Waals surface area contributed by atoms with Gasteiger partial charge in [-0.25, -0.2) is 4.79 Å². The lowest BCUT2D eigenvalue weighted by Gasteiger charge is -2.22. The molecule has 1 aliphatic rings. The molecule has 2 N–H and O–H groups in total. The summed E-state index contributed by atoms with van der Waals surface area (Å²) in [5, 5.41) is 7.42. The predicted molar refractivity (Wildman–Crippen MR) is 111 cm³/mol. The molecule has 0 radical (unpaired) electrons. The molecule has 0 saturated carbocycles. The number of benzene rings is 3. The molecule has 0 aromatic heterocycles. The number of hydrogen-bond acceptors (Lipinski definition) is 3. The van der Waals surface area contributed by atoms with Crippen LogP contribution in [0.3, 0.4) is 0 Å². The molecule has 1 fully saturated rings. The zero-order valence-electron chi connectivity index (χ0n) is 16.2. The monoisotopic (exact) mass is 387 g/mol. The van der Waals surface area contributed by atoms with Crippen LogP contribution in [0.25, 0.3) is 10.8 Å². The number of urea groups is 1. The van der Waals surface area contributed by atoms with Gasteiger partial charge in [0.2, 0.25) is 5.91 Å². The Morgan fingerprint density at radius 3 is 2.45 bits per heavy atom. The van der Waals surface area contributed by atoms with E-state index in [1.54, 1.807) is 13.0 Å². The standard InChI is InChI=1S/C23H21N3O3/c1-15-10-12-17(13-11-15)23(2)21(28)26(22(29)25-23)14-20(27)24-19-9-5-7-16-6-3-4-8-18(16)19/h3-13H,14H2,1-2H3,(H,24,27)(H,25,29)/t23-/m1/s1. The Labute approximate surface area is 168 Å². The normalized spacial score (nSPS) is 18.8. The van der Waals surface area contributed by atoms with E-state index < -0.39 is 23.4 Å². The molecule has 4 amide bonds. The van der Waals surface area contributed by atoms with Crippen molar-refractivity contribution in [2.45, 2.75) is 19.4 Å². The molecule has 1 atom stereocenters. The number of rotatable bonds is 4. The zero-order chi connectivity index (χ0) is 20.6. The lowest BCUT2D eigenvalue weighted by atomic mass is 9.91. The van der Waals surface area contributed by atoms with E-state index in [0.29, 0.717) is 11.3 Å². The van der Waals surface area contributed by atoms with E-state index in [9.17, 15) is 14.4 Å². The maximum Gasteiger partial charge on any atom is 0.325 e. The fraction of sp³-hybridized carbons (Fsp3) is 0.174. The highest BCUT2D eigenvalue weighted by atomic mass is 16.2. The van der Waals surface area contributed by atoms with Crippen LogP contribution in [0.4, 0.5) is 10.5 Å². The van der Waals surface area contributed by atoms with Crippen LogP contribution in [-0.4, -0.2) is 29.3 Å². The molecule has 146 valence electrons. The van der Waals surface area contributed by atoms with Crippen molar-refractivity contribution in [2.75, 3.05) is 11.9 Å². The van der Waals surface area contributed by atoms with Gasteiger partial charge in [0.05, 0.1) is 0 Å². The van der Waals surface area contributed by atoms with Crippen molar-refractivity contribution >= 4 is 34.3 Å². The van der Waals surface area contributed by atoms with Crippen LogP contribution in [0, 0.1) is 6.92 Å². The largest absolute Gasteiger partial charge is 0.325 e. The molecule has 3 aromatic carbocycles. The second-order valence-electron chi connectivity index (χ2n) is 7.39. The van der Waals surface area contributed by atoms with Gasteiger partial charge >= 0.3 is 6.03 Å². The average Bonchev–Trinajstić information content (AvgIpc) is 2.92. The fourth-order valence-corrected chi connectivity index (χ4v) is 3.59. The number of fused-ring (bicyclic) bond motifs is 1. The molecule has 1 heterocycles. The number of hydrogen-bond donors (Lipinski definition) is 2. The first-order valence-corrected chi connectivity index (χ1v) is 9.37. The van der Waals surface area contributed by atoms with Gasteiger partial charge in [-0.15, -0.1) is 0 Å². The fourth-order valence-electron chi connectivity index (χ4n) is 3.59. The highest BCUT2D eigenvalue weighted by Crippen LogP contribution is 2.29. The molecule has 4 rings (SSSR count). The molecule has 1 aliphatic heterocycles. The molecule has 0 spiro atoms. The highest BCUT2D eigenvalue weighted by molar-refractivity contribution is 6.11. The Bertz CT molecular complexity index is 1120. The van der Waals surface area contributed by atoms with Gasteiger partial charge in [-0.05, 0) is 30.9 Å². The van der Waals surface area contributed by atoms with Gasteiger partial charge in [-0.2, -0.15) is 0 Å². The second-order valence-corrected chi connectivity index (χ2v) is 7.39. The number of anilines is 1. The lowest BCUT2D eigenvalue weighted by molar-refractivity contribution is -0.133. The van der Waals surface area contributed by atoms with E-state index in [4.69, 9.17) is 0 Å². The van der Waals surface area contributed by atoms with Crippen molar-refractivity contribution in [2.24, 2.45) is 0 Å². The Kier molecular flexibility index (Phi) is 4.54. The second kappa shape index (κ2) is 7.05. The number of nitrogens with one attached hydrogen (secondary N) is 2. The summed E-state index contributed by atoms with van der Waals surface area (Å²) in [4.78, 5) is 39.0. The van der Waals surface area contributed by atoms with Gasteiger partial charge in [-0.1, -0.05) is 66.2 Å². The minimum atomic E-state index is -1.19. The van der Waals surface area contributed by atoms with Crippen molar-refractivity contribution in [1.82, 2.24) is 10.2 Å². The van der Waals surface area contributed by atoms with Crippen LogP contribution < -0.4 is 10.6 Å². The number of nitrogens with zero attached hydrogens (tertiary/aromatic N) is 1. The molecule has 0 bridgehead atoms. The van der Waals surface area contributed by atoms with Crippen LogP contribution in [-0.2, 0) is 15.1 Å². The first kappa shape index (κ1) is 18.7. The van der Waals surface area contributed by atoms with Gasteiger partial charge in [0, 0.05) is 11.1 Å². The first-order valence-electron chi connectivity index (χ1n) is 9.37. The Morgan fingerprint density at radius 1 is 1.00 bits per heavy atom. The first-order chi connectivity index (χ1) is 13.9. The summed E-state index contributed by atoms with van der Waals surface area (Å²) in [6.07, 6.45) is 0. The lowest BCUT2D eigenvalue weighted by Crippen LogP contribution is -2.42. The molecule has 29 heavy (non-hydrogen) atoms. The van der Waals surface area contributed by atoms with Crippen molar-refractivity contribution in [3.8, 4) is 0 Å². The van der Waals surface area contributed by atoms with E-state index >= 15 is 0 Å². The van der Waals surface area contributed by atoms with Crippen LogP contribution in [0.15, 0.2) is 66.7 Å². The SMILES string of the molecule is Cc1ccc([C@@]2(C)NC(=O)N(CC(=O)Nc3cccc4ccccc34)C2=O)cc1. The number of aryl methyl sites for hydroxylation is 1. The van der Waals surface area contributed by atoms with E-state index in [1.807, 2.05) is 67.6 Å². The molecule has 0 unspecified atom stereocenters. The number of carbonyl (C=O) groups excluding carboxylic acids is 3. The molecule has 0 aliphatic carbocycles. The molecule has 1 saturated heterocycles. The van der Waals surface area contributed by atoms with Crippen molar-refractivity contribution in [3.63, 3.8) is 0 Å². The third kappa shape index (κ3) is 3.33. The Hall–Kier alpha value is -3.67. The van der Waals surface area contributed by atoms with E-state index in [0.717, 1.165) is 21.2 Å². The summed E-state index contributed by atoms with van der Waals surface area (Å²) in [7, 11) is 0. The molecular weight excluding hydrogens is 366 g/mol. The summed E-state index contributed by atoms with van der Waals surface area (Å²) in [5.41, 5.74) is 1.19. The summed E-state index contributed by atoms with van der Waals surface area (Å²) < 4.78 is 0. The number of amides is 4. The van der Waals surface area contributed by atoms with Crippen LogP contribution in [0.2, 0.25) is 0 Å². The number of imide groups is 1. The van der Waals surface area contributed by atoms with Crippen molar-refractivity contribution in [3.05, 3.63) is 77.9 Å². The van der Waals surface area contributed by atoms with Gasteiger partial charge in [0.1, 0.15) is 12.1 Å². The van der Waals surface area contributed by atoms with Gasteiger partial charge in [0.15, 0.2) is 0 Å². The molecule has 6 nitrogen and oxygen atoms in total. The van der Waals surface area contributed by atoms with Crippen molar-refractivity contribution in [1.29, 1.82) is 0 Å².